The number of sulfone groups is 1. The summed E-state index contributed by atoms with van der Waals surface area (Å²) in [6, 6.07) is 3.93. The number of carboxylic acid groups (broad SMARTS) is 1. The highest BCUT2D eigenvalue weighted by atomic mass is 32.2. The van der Waals surface area contributed by atoms with Gasteiger partial charge >= 0.3 is 5.97 Å². The molecule has 3 N–H and O–H groups in total. The van der Waals surface area contributed by atoms with E-state index in [9.17, 15) is 18.0 Å². The summed E-state index contributed by atoms with van der Waals surface area (Å²) in [6.07, 6.45) is 0.968. The van der Waals surface area contributed by atoms with Crippen LogP contribution in [0, 0.1) is 0 Å². The maximum Gasteiger partial charge on any atom is 0.335 e. The quantitative estimate of drug-likeness (QED) is 0.758. The normalized spacial score (nSPS) is 11.1. The van der Waals surface area contributed by atoms with E-state index in [-0.39, 0.29) is 17.8 Å². The zero-order valence-electron chi connectivity index (χ0n) is 11.2. The largest absolute Gasteiger partial charge is 0.478 e. The van der Waals surface area contributed by atoms with Gasteiger partial charge in [0.2, 0.25) is 5.91 Å². The molecule has 0 aromatic heterocycles. The summed E-state index contributed by atoms with van der Waals surface area (Å²) in [4.78, 5) is 24.0. The van der Waals surface area contributed by atoms with Crippen molar-refractivity contribution in [3.63, 3.8) is 0 Å². The van der Waals surface area contributed by atoms with Gasteiger partial charge in [0.1, 0.15) is 5.75 Å². The van der Waals surface area contributed by atoms with Gasteiger partial charge in [-0.3, -0.25) is 4.79 Å². The fourth-order valence-electron chi connectivity index (χ4n) is 1.72. The molecule has 0 saturated heterocycles. The fourth-order valence-corrected chi connectivity index (χ4v) is 2.32. The van der Waals surface area contributed by atoms with Crippen LogP contribution in [0.5, 0.6) is 0 Å². The van der Waals surface area contributed by atoms with Crippen molar-refractivity contribution in [3.05, 3.63) is 23.8 Å². The minimum atomic E-state index is -3.45. The molecular formula is C12H16N2O5S. The first-order valence-corrected chi connectivity index (χ1v) is 7.82. The first kappa shape index (κ1) is 16.0. The molecule has 7 nitrogen and oxygen atoms in total. The Morgan fingerprint density at radius 1 is 1.35 bits per heavy atom. The van der Waals surface area contributed by atoms with Crippen molar-refractivity contribution in [3.8, 4) is 0 Å². The molecule has 0 saturated carbocycles. The van der Waals surface area contributed by atoms with E-state index in [1.165, 1.54) is 23.1 Å². The molecule has 0 aliphatic carbocycles. The molecule has 0 radical (unpaired) electrons. The van der Waals surface area contributed by atoms with E-state index in [1.807, 2.05) is 0 Å². The topological polar surface area (TPSA) is 118 Å². The molecule has 1 aromatic carbocycles. The van der Waals surface area contributed by atoms with Crippen molar-refractivity contribution >= 4 is 33.1 Å². The van der Waals surface area contributed by atoms with E-state index in [0.717, 1.165) is 6.26 Å². The average molecular weight is 300 g/mol. The highest BCUT2D eigenvalue weighted by Crippen LogP contribution is 2.24. The fraction of sp³-hybridized carbons (Fsp3) is 0.333. The number of benzene rings is 1. The summed E-state index contributed by atoms with van der Waals surface area (Å²) >= 11 is 0. The van der Waals surface area contributed by atoms with Crippen molar-refractivity contribution in [2.24, 2.45) is 0 Å². The van der Waals surface area contributed by atoms with Gasteiger partial charge in [-0.2, -0.15) is 0 Å². The lowest BCUT2D eigenvalue weighted by atomic mass is 10.1. The molecule has 0 atom stereocenters. The minimum absolute atomic E-state index is 0.00198. The minimum Gasteiger partial charge on any atom is -0.478 e. The number of rotatable bonds is 5. The van der Waals surface area contributed by atoms with E-state index in [1.54, 1.807) is 6.92 Å². The van der Waals surface area contributed by atoms with Gasteiger partial charge in [0.15, 0.2) is 9.84 Å². The summed E-state index contributed by atoms with van der Waals surface area (Å²) in [5.74, 6) is -2.36. The van der Waals surface area contributed by atoms with Gasteiger partial charge in [-0.1, -0.05) is 0 Å². The van der Waals surface area contributed by atoms with Crippen LogP contribution in [-0.4, -0.2) is 44.0 Å². The predicted molar refractivity (Wildman–Crippen MR) is 75.6 cm³/mol. The number of nitrogen functional groups attached to an aromatic ring is 1. The SMILES string of the molecule is CCN(C(=O)CS(C)(=O)=O)c1ccc(C(=O)O)cc1N. The maximum atomic E-state index is 11.9. The number of hydrogen-bond acceptors (Lipinski definition) is 5. The lowest BCUT2D eigenvalue weighted by molar-refractivity contribution is -0.116. The predicted octanol–water partition coefficient (Wildman–Crippen LogP) is 0.365. The summed E-state index contributed by atoms with van der Waals surface area (Å²) in [5.41, 5.74) is 6.13. The Kier molecular flexibility index (Phi) is 4.72. The summed E-state index contributed by atoms with van der Waals surface area (Å²) in [6.45, 7) is 1.90. The number of carbonyl (C=O) groups excluding carboxylic acids is 1. The van der Waals surface area contributed by atoms with E-state index < -0.39 is 27.5 Å². The van der Waals surface area contributed by atoms with E-state index in [2.05, 4.69) is 0 Å². The smallest absolute Gasteiger partial charge is 0.335 e. The van der Waals surface area contributed by atoms with Crippen LogP contribution in [0.1, 0.15) is 17.3 Å². The molecular weight excluding hydrogens is 284 g/mol. The standard InChI is InChI=1S/C12H16N2O5S/c1-3-14(11(15)7-20(2,18)19)10-5-4-8(12(16)17)6-9(10)13/h4-6H,3,7,13H2,1-2H3,(H,16,17). The number of amides is 1. The molecule has 0 spiro atoms. The molecule has 1 amide bonds. The van der Waals surface area contributed by atoms with Crippen molar-refractivity contribution in [2.45, 2.75) is 6.92 Å². The van der Waals surface area contributed by atoms with Gasteiger partial charge in [0.25, 0.3) is 0 Å². The molecule has 110 valence electrons. The Bertz CT molecular complexity index is 639. The highest BCUT2D eigenvalue weighted by Gasteiger charge is 2.21. The molecule has 0 fully saturated rings. The molecule has 1 rings (SSSR count). The Balaban J connectivity index is 3.13. The van der Waals surface area contributed by atoms with Gasteiger partial charge in [-0.05, 0) is 25.1 Å². The number of hydrogen-bond donors (Lipinski definition) is 2. The second kappa shape index (κ2) is 5.91. The van der Waals surface area contributed by atoms with Crippen molar-refractivity contribution in [2.75, 3.05) is 29.2 Å². The van der Waals surface area contributed by atoms with Crippen LogP contribution in [-0.2, 0) is 14.6 Å². The molecule has 1 aromatic rings. The second-order valence-electron chi connectivity index (χ2n) is 4.29. The van der Waals surface area contributed by atoms with Crippen LogP contribution in [0.3, 0.4) is 0 Å². The lowest BCUT2D eigenvalue weighted by Crippen LogP contribution is -2.35. The third kappa shape index (κ3) is 3.95. The van der Waals surface area contributed by atoms with Gasteiger partial charge in [-0.15, -0.1) is 0 Å². The molecule has 20 heavy (non-hydrogen) atoms. The van der Waals surface area contributed by atoms with Crippen LogP contribution in [0.15, 0.2) is 18.2 Å². The van der Waals surface area contributed by atoms with E-state index in [4.69, 9.17) is 10.8 Å². The lowest BCUT2D eigenvalue weighted by Gasteiger charge is -2.22. The third-order valence-electron chi connectivity index (χ3n) is 2.57. The Hall–Kier alpha value is -2.09. The number of nitrogens with zero attached hydrogens (tertiary/aromatic N) is 1. The highest BCUT2D eigenvalue weighted by molar-refractivity contribution is 7.91. The molecule has 0 aliphatic rings. The van der Waals surface area contributed by atoms with Crippen molar-refractivity contribution in [1.82, 2.24) is 0 Å². The third-order valence-corrected chi connectivity index (χ3v) is 3.34. The summed E-state index contributed by atoms with van der Waals surface area (Å²) in [5, 5.41) is 8.84. The zero-order chi connectivity index (χ0) is 15.5. The molecule has 8 heteroatoms. The van der Waals surface area contributed by atoms with Gasteiger partial charge < -0.3 is 15.7 Å². The van der Waals surface area contributed by atoms with Crippen LogP contribution in [0.2, 0.25) is 0 Å². The van der Waals surface area contributed by atoms with Crippen LogP contribution < -0.4 is 10.6 Å². The van der Waals surface area contributed by atoms with Gasteiger partial charge in [0.05, 0.1) is 16.9 Å². The molecule has 0 aliphatic heterocycles. The summed E-state index contributed by atoms with van der Waals surface area (Å²) < 4.78 is 22.3. The Morgan fingerprint density at radius 2 is 1.95 bits per heavy atom. The first-order chi connectivity index (χ1) is 9.15. The number of carboxylic acids is 1. The number of carbonyl (C=O) groups is 2. The van der Waals surface area contributed by atoms with E-state index >= 15 is 0 Å². The molecule has 0 bridgehead atoms. The number of anilines is 2. The number of aromatic carboxylic acids is 1. The number of nitrogens with two attached hydrogens (primary N) is 1. The van der Waals surface area contributed by atoms with Crippen molar-refractivity contribution < 1.29 is 23.1 Å². The second-order valence-corrected chi connectivity index (χ2v) is 6.43. The molecule has 0 unspecified atom stereocenters. The Labute approximate surface area is 116 Å². The molecule has 0 heterocycles. The summed E-state index contributed by atoms with van der Waals surface area (Å²) in [7, 11) is -3.45. The maximum absolute atomic E-state index is 11.9. The zero-order valence-corrected chi connectivity index (χ0v) is 12.0. The van der Waals surface area contributed by atoms with Gasteiger partial charge in [0, 0.05) is 12.8 Å². The first-order valence-electron chi connectivity index (χ1n) is 5.76. The van der Waals surface area contributed by atoms with Crippen LogP contribution in [0.25, 0.3) is 0 Å². The van der Waals surface area contributed by atoms with E-state index in [0.29, 0.717) is 5.69 Å². The van der Waals surface area contributed by atoms with Gasteiger partial charge in [-0.25, -0.2) is 13.2 Å². The monoisotopic (exact) mass is 300 g/mol. The van der Waals surface area contributed by atoms with Crippen LogP contribution >= 0.6 is 0 Å². The van der Waals surface area contributed by atoms with Crippen molar-refractivity contribution in [1.29, 1.82) is 0 Å². The van der Waals surface area contributed by atoms with Crippen LogP contribution in [0.4, 0.5) is 11.4 Å². The Morgan fingerprint density at radius 3 is 2.35 bits per heavy atom. The average Bonchev–Trinajstić information content (AvgIpc) is 2.29.